The molecule has 0 saturated carbocycles. The fourth-order valence-electron chi connectivity index (χ4n) is 8.17. The third kappa shape index (κ3) is 62.0. The number of rotatable bonds is 55. The second-order valence-corrected chi connectivity index (χ2v) is 20.2. The van der Waals surface area contributed by atoms with E-state index in [9.17, 15) is 14.4 Å². The molecule has 0 saturated heterocycles. The average molecular weight is 1060 g/mol. The number of hydrogen-bond acceptors (Lipinski definition) is 6. The molecule has 0 aromatic rings. The van der Waals surface area contributed by atoms with Crippen LogP contribution in [0.15, 0.2) is 146 Å². The molecule has 0 aliphatic rings. The van der Waals surface area contributed by atoms with Gasteiger partial charge in [-0.3, -0.25) is 14.4 Å². The van der Waals surface area contributed by atoms with Crippen molar-refractivity contribution in [1.82, 2.24) is 0 Å². The van der Waals surface area contributed by atoms with E-state index in [-0.39, 0.29) is 31.1 Å². The smallest absolute Gasteiger partial charge is 0.306 e. The quantitative estimate of drug-likeness (QED) is 0.0261. The van der Waals surface area contributed by atoms with Gasteiger partial charge in [-0.15, -0.1) is 0 Å². The zero-order valence-electron chi connectivity index (χ0n) is 49.7. The highest BCUT2D eigenvalue weighted by Crippen LogP contribution is 2.14. The predicted molar refractivity (Wildman–Crippen MR) is 334 cm³/mol. The summed E-state index contributed by atoms with van der Waals surface area (Å²) >= 11 is 0. The van der Waals surface area contributed by atoms with Crippen LogP contribution in [0.5, 0.6) is 0 Å². The Morgan fingerprint density at radius 1 is 0.273 bits per heavy atom. The highest BCUT2D eigenvalue weighted by Gasteiger charge is 2.19. The van der Waals surface area contributed by atoms with Gasteiger partial charge in [-0.1, -0.05) is 250 Å². The fraction of sp³-hybridized carbons (Fsp3) is 0.620. The van der Waals surface area contributed by atoms with E-state index in [1.54, 1.807) is 0 Å². The Balaban J connectivity index is 4.50. The van der Waals surface area contributed by atoms with Crippen molar-refractivity contribution in [2.24, 2.45) is 0 Å². The van der Waals surface area contributed by atoms with Gasteiger partial charge in [0.15, 0.2) is 6.10 Å². The molecular formula is C71H114O6. The van der Waals surface area contributed by atoms with Crippen molar-refractivity contribution in [2.45, 2.75) is 271 Å². The van der Waals surface area contributed by atoms with Gasteiger partial charge in [0.1, 0.15) is 13.2 Å². The molecule has 0 amide bonds. The van der Waals surface area contributed by atoms with Crippen LogP contribution < -0.4 is 0 Å². The van der Waals surface area contributed by atoms with Crippen LogP contribution in [0.1, 0.15) is 265 Å². The first-order valence-electron chi connectivity index (χ1n) is 31.3. The summed E-state index contributed by atoms with van der Waals surface area (Å²) in [5, 5.41) is 0. The minimum Gasteiger partial charge on any atom is -0.462 e. The lowest BCUT2D eigenvalue weighted by atomic mass is 10.1. The van der Waals surface area contributed by atoms with E-state index in [1.165, 1.54) is 64.2 Å². The standard InChI is InChI=1S/C71H114O6/c1-4-7-10-13-16-19-22-25-28-30-32-33-34-35-36-37-39-40-43-46-49-52-55-58-61-64-70(73)76-67-68(66-75-69(72)63-60-57-54-51-48-45-42-27-24-21-18-15-12-9-6-3)77-71(74)65-62-59-56-53-50-47-44-41-38-31-29-26-23-20-17-14-11-8-5-2/h7-8,10-11,16-17,19-20,25-29,32-33,35-36,38-42,46,49,68H,4-6,9,12-15,18,21-24,30-31,34,37,43-45,47-48,50-67H2,1-3H3/b10-7-,11-8-,19-16-,20-17-,28-25-,29-26-,33-32-,36-35-,40-39-,41-38-,42-27-,49-46-. The fourth-order valence-corrected chi connectivity index (χ4v) is 8.17. The number of carbonyl (C=O) groups excluding carboxylic acids is 3. The summed E-state index contributed by atoms with van der Waals surface area (Å²) in [5.41, 5.74) is 0. The molecule has 0 aliphatic heterocycles. The van der Waals surface area contributed by atoms with Crippen molar-refractivity contribution in [2.75, 3.05) is 13.2 Å². The first-order valence-corrected chi connectivity index (χ1v) is 31.3. The molecule has 6 heteroatoms. The molecule has 6 nitrogen and oxygen atoms in total. The molecule has 0 aliphatic carbocycles. The summed E-state index contributed by atoms with van der Waals surface area (Å²) in [6.07, 6.45) is 91.3. The molecule has 1 unspecified atom stereocenters. The highest BCUT2D eigenvalue weighted by molar-refractivity contribution is 5.71. The zero-order chi connectivity index (χ0) is 55.7. The van der Waals surface area contributed by atoms with Crippen molar-refractivity contribution in [3.63, 3.8) is 0 Å². The average Bonchev–Trinajstić information content (AvgIpc) is 3.43. The van der Waals surface area contributed by atoms with E-state index in [0.29, 0.717) is 19.3 Å². The van der Waals surface area contributed by atoms with Gasteiger partial charge in [-0.2, -0.15) is 0 Å². The van der Waals surface area contributed by atoms with Crippen LogP contribution in [-0.2, 0) is 28.6 Å². The summed E-state index contributed by atoms with van der Waals surface area (Å²) in [5.74, 6) is -0.961. The largest absolute Gasteiger partial charge is 0.462 e. The SMILES string of the molecule is CC/C=C\C/C=C\C/C=C\C/C=C\C/C=C\C/C=C\C/C=C\CCCCCC(=O)OCC(COC(=O)CCCCCCC/C=C\CCCCCCCC)OC(=O)CCCCCCCC/C=C\C/C=C\C/C=C\C/C=C\CC. The summed E-state index contributed by atoms with van der Waals surface area (Å²) in [6.45, 7) is 6.36. The van der Waals surface area contributed by atoms with Gasteiger partial charge in [0.05, 0.1) is 0 Å². The van der Waals surface area contributed by atoms with Crippen molar-refractivity contribution in [3.8, 4) is 0 Å². The van der Waals surface area contributed by atoms with Gasteiger partial charge in [0, 0.05) is 19.3 Å². The number of carbonyl (C=O) groups is 3. The summed E-state index contributed by atoms with van der Waals surface area (Å²) in [7, 11) is 0. The second-order valence-electron chi connectivity index (χ2n) is 20.2. The minimum atomic E-state index is -0.811. The van der Waals surface area contributed by atoms with Gasteiger partial charge in [0.2, 0.25) is 0 Å². The van der Waals surface area contributed by atoms with Gasteiger partial charge < -0.3 is 14.2 Å². The molecule has 0 radical (unpaired) electrons. The summed E-state index contributed by atoms with van der Waals surface area (Å²) < 4.78 is 16.9. The summed E-state index contributed by atoms with van der Waals surface area (Å²) in [4.78, 5) is 38.3. The Bertz CT molecular complexity index is 1700. The van der Waals surface area contributed by atoms with Crippen molar-refractivity contribution >= 4 is 17.9 Å². The Morgan fingerprint density at radius 2 is 0.506 bits per heavy atom. The van der Waals surface area contributed by atoms with Gasteiger partial charge in [-0.05, 0) is 141 Å². The third-order valence-corrected chi connectivity index (χ3v) is 12.8. The molecule has 0 bridgehead atoms. The number of allylic oxidation sites excluding steroid dienone is 24. The van der Waals surface area contributed by atoms with E-state index < -0.39 is 6.10 Å². The molecule has 0 aromatic heterocycles. The van der Waals surface area contributed by atoms with Crippen LogP contribution in [0.4, 0.5) is 0 Å². The number of unbranched alkanes of at least 4 members (excludes halogenated alkanes) is 20. The van der Waals surface area contributed by atoms with Gasteiger partial charge in [-0.25, -0.2) is 0 Å². The first-order chi connectivity index (χ1) is 38.0. The molecular weight excluding hydrogens is 949 g/mol. The molecule has 77 heavy (non-hydrogen) atoms. The Kier molecular flexibility index (Phi) is 59.9. The number of esters is 3. The van der Waals surface area contributed by atoms with E-state index in [4.69, 9.17) is 14.2 Å². The monoisotopic (exact) mass is 1060 g/mol. The molecule has 0 spiro atoms. The lowest BCUT2D eigenvalue weighted by Crippen LogP contribution is -2.30. The number of ether oxygens (including phenoxy) is 3. The molecule has 0 heterocycles. The molecule has 0 rings (SSSR count). The molecule has 0 N–H and O–H groups in total. The van der Waals surface area contributed by atoms with Gasteiger partial charge in [0.25, 0.3) is 0 Å². The Labute approximate surface area is 474 Å². The van der Waals surface area contributed by atoms with Crippen LogP contribution in [0.25, 0.3) is 0 Å². The van der Waals surface area contributed by atoms with Crippen LogP contribution in [0.3, 0.4) is 0 Å². The predicted octanol–water partition coefficient (Wildman–Crippen LogP) is 21.5. The number of hydrogen-bond donors (Lipinski definition) is 0. The van der Waals surface area contributed by atoms with Gasteiger partial charge >= 0.3 is 17.9 Å². The lowest BCUT2D eigenvalue weighted by Gasteiger charge is -2.18. The lowest BCUT2D eigenvalue weighted by molar-refractivity contribution is -0.167. The molecule has 1 atom stereocenters. The van der Waals surface area contributed by atoms with E-state index >= 15 is 0 Å². The normalized spacial score (nSPS) is 13.1. The molecule has 434 valence electrons. The minimum absolute atomic E-state index is 0.104. The van der Waals surface area contributed by atoms with E-state index in [1.807, 2.05) is 0 Å². The topological polar surface area (TPSA) is 78.9 Å². The third-order valence-electron chi connectivity index (χ3n) is 12.8. The van der Waals surface area contributed by atoms with Crippen molar-refractivity contribution in [1.29, 1.82) is 0 Å². The first kappa shape index (κ1) is 72.3. The van der Waals surface area contributed by atoms with Crippen molar-refractivity contribution in [3.05, 3.63) is 146 Å². The maximum Gasteiger partial charge on any atom is 0.306 e. The summed E-state index contributed by atoms with van der Waals surface area (Å²) in [6, 6.07) is 0. The molecule has 0 fully saturated rings. The zero-order valence-corrected chi connectivity index (χ0v) is 49.7. The Hall–Kier alpha value is -4.71. The van der Waals surface area contributed by atoms with Crippen LogP contribution in [-0.4, -0.2) is 37.2 Å². The van der Waals surface area contributed by atoms with E-state index in [2.05, 4.69) is 167 Å². The molecule has 0 aromatic carbocycles. The van der Waals surface area contributed by atoms with Crippen LogP contribution >= 0.6 is 0 Å². The maximum atomic E-state index is 12.9. The maximum absolute atomic E-state index is 12.9. The van der Waals surface area contributed by atoms with E-state index in [0.717, 1.165) is 161 Å². The van der Waals surface area contributed by atoms with Crippen LogP contribution in [0.2, 0.25) is 0 Å². The second kappa shape index (κ2) is 63.8. The Morgan fingerprint density at radius 3 is 0.818 bits per heavy atom. The van der Waals surface area contributed by atoms with Crippen LogP contribution in [0, 0.1) is 0 Å². The van der Waals surface area contributed by atoms with Crippen molar-refractivity contribution < 1.29 is 28.6 Å². The highest BCUT2D eigenvalue weighted by atomic mass is 16.6.